The molecule has 2 heterocycles. The van der Waals surface area contributed by atoms with E-state index < -0.39 is 0 Å². The van der Waals surface area contributed by atoms with Crippen LogP contribution in [0.15, 0.2) is 18.2 Å². The highest BCUT2D eigenvalue weighted by atomic mass is 35.5. The summed E-state index contributed by atoms with van der Waals surface area (Å²) in [6.45, 7) is 3.18. The molecule has 0 bridgehead atoms. The van der Waals surface area contributed by atoms with Crippen LogP contribution in [0.2, 0.25) is 10.0 Å². The molecular weight excluding hydrogens is 395 g/mol. The number of carbonyl (C=O) groups is 1. The van der Waals surface area contributed by atoms with E-state index >= 15 is 0 Å². The first-order chi connectivity index (χ1) is 13.5. The maximum atomic E-state index is 13.1. The van der Waals surface area contributed by atoms with E-state index in [-0.39, 0.29) is 17.6 Å². The van der Waals surface area contributed by atoms with Gasteiger partial charge < -0.3 is 9.64 Å². The van der Waals surface area contributed by atoms with Crippen LogP contribution in [0.3, 0.4) is 0 Å². The van der Waals surface area contributed by atoms with E-state index in [1.807, 2.05) is 18.0 Å². The maximum absolute atomic E-state index is 13.1. The second-order valence-corrected chi connectivity index (χ2v) is 9.50. The largest absolute Gasteiger partial charge is 0.375 e. The van der Waals surface area contributed by atoms with Gasteiger partial charge in [-0.1, -0.05) is 29.3 Å². The summed E-state index contributed by atoms with van der Waals surface area (Å²) in [4.78, 5) is 17.7. The standard InChI is InChI=1S/C22H30Cl2N2O2/c1-25(21(27)14-16-5-6-17(23)18(24)13-16)19-7-9-22(8-4-12-28-22)15-20(19)26-10-2-3-11-26/h5-6,13,19-20H,2-4,7-12,14-15H2,1H3/t19?,20?,22-/m1/s1. The zero-order valence-electron chi connectivity index (χ0n) is 16.6. The first kappa shape index (κ1) is 20.5. The Kier molecular flexibility index (Phi) is 6.22. The zero-order chi connectivity index (χ0) is 19.7. The number of rotatable bonds is 4. The SMILES string of the molecule is CN(C(=O)Cc1ccc(Cl)c(Cl)c1)C1CC[C@]2(CCCO2)CC1N1CCCC1. The van der Waals surface area contributed by atoms with Gasteiger partial charge in [-0.2, -0.15) is 0 Å². The molecule has 3 atom stereocenters. The summed E-state index contributed by atoms with van der Waals surface area (Å²) in [5.74, 6) is 0.149. The Labute approximate surface area is 178 Å². The second-order valence-electron chi connectivity index (χ2n) is 8.69. The van der Waals surface area contributed by atoms with Crippen molar-refractivity contribution in [2.24, 2.45) is 0 Å². The number of hydrogen-bond donors (Lipinski definition) is 0. The molecule has 1 aliphatic carbocycles. The Morgan fingerprint density at radius 1 is 1.21 bits per heavy atom. The van der Waals surface area contributed by atoms with Crippen LogP contribution in [0.1, 0.15) is 50.5 Å². The average molecular weight is 425 g/mol. The van der Waals surface area contributed by atoms with Gasteiger partial charge in [-0.05, 0) is 75.7 Å². The molecule has 1 aromatic rings. The lowest BCUT2D eigenvalue weighted by Crippen LogP contribution is -2.58. The second kappa shape index (κ2) is 8.51. The predicted molar refractivity (Wildman–Crippen MR) is 113 cm³/mol. The summed E-state index contributed by atoms with van der Waals surface area (Å²) in [7, 11) is 1.97. The van der Waals surface area contributed by atoms with Crippen molar-refractivity contribution in [2.75, 3.05) is 26.7 Å². The van der Waals surface area contributed by atoms with E-state index in [2.05, 4.69) is 4.90 Å². The van der Waals surface area contributed by atoms with Crippen LogP contribution in [0.5, 0.6) is 0 Å². The molecule has 2 aliphatic heterocycles. The first-order valence-corrected chi connectivity index (χ1v) is 11.3. The van der Waals surface area contributed by atoms with Crippen molar-refractivity contribution in [1.82, 2.24) is 9.80 Å². The minimum atomic E-state index is 0.0529. The van der Waals surface area contributed by atoms with Gasteiger partial charge >= 0.3 is 0 Å². The molecule has 2 unspecified atom stereocenters. The van der Waals surface area contributed by atoms with E-state index in [0.717, 1.165) is 44.5 Å². The number of ether oxygens (including phenoxy) is 1. The quantitative estimate of drug-likeness (QED) is 0.709. The molecule has 0 N–H and O–H groups in total. The van der Waals surface area contributed by atoms with E-state index in [0.29, 0.717) is 22.5 Å². The van der Waals surface area contributed by atoms with Crippen LogP contribution in [-0.4, -0.2) is 60.1 Å². The lowest BCUT2D eigenvalue weighted by Gasteiger charge is -2.48. The molecule has 2 saturated heterocycles. The average Bonchev–Trinajstić information content (AvgIpc) is 3.37. The summed E-state index contributed by atoms with van der Waals surface area (Å²) in [6.07, 6.45) is 8.36. The van der Waals surface area contributed by atoms with Gasteiger partial charge in [-0.25, -0.2) is 0 Å². The fraction of sp³-hybridized carbons (Fsp3) is 0.682. The monoisotopic (exact) mass is 424 g/mol. The van der Waals surface area contributed by atoms with Crippen LogP contribution in [0, 0.1) is 0 Å². The molecule has 1 spiro atoms. The predicted octanol–water partition coefficient (Wildman–Crippen LogP) is 4.56. The Morgan fingerprint density at radius 2 is 2.00 bits per heavy atom. The van der Waals surface area contributed by atoms with E-state index in [1.165, 1.54) is 25.7 Å². The van der Waals surface area contributed by atoms with Gasteiger partial charge in [0.2, 0.25) is 5.91 Å². The van der Waals surface area contributed by atoms with Gasteiger partial charge in [0.05, 0.1) is 22.1 Å². The Balaban J connectivity index is 1.48. The molecule has 1 saturated carbocycles. The van der Waals surface area contributed by atoms with Gasteiger partial charge in [0, 0.05) is 25.7 Å². The third kappa shape index (κ3) is 4.21. The van der Waals surface area contributed by atoms with Crippen LogP contribution < -0.4 is 0 Å². The van der Waals surface area contributed by atoms with Gasteiger partial charge in [-0.3, -0.25) is 9.69 Å². The zero-order valence-corrected chi connectivity index (χ0v) is 18.1. The summed E-state index contributed by atoms with van der Waals surface area (Å²) in [5.41, 5.74) is 0.965. The molecule has 1 aromatic carbocycles. The summed E-state index contributed by atoms with van der Waals surface area (Å²) >= 11 is 12.1. The highest BCUT2D eigenvalue weighted by Gasteiger charge is 2.47. The maximum Gasteiger partial charge on any atom is 0.227 e. The van der Waals surface area contributed by atoms with Crippen LogP contribution in [0.25, 0.3) is 0 Å². The highest BCUT2D eigenvalue weighted by molar-refractivity contribution is 6.42. The number of nitrogens with zero attached hydrogens (tertiary/aromatic N) is 2. The topological polar surface area (TPSA) is 32.8 Å². The molecule has 0 aromatic heterocycles. The number of likely N-dealkylation sites (tertiary alicyclic amines) is 1. The number of amides is 1. The molecule has 3 fully saturated rings. The minimum absolute atomic E-state index is 0.0529. The fourth-order valence-electron chi connectivity index (χ4n) is 5.37. The molecule has 28 heavy (non-hydrogen) atoms. The fourth-order valence-corrected chi connectivity index (χ4v) is 5.69. The number of hydrogen-bond acceptors (Lipinski definition) is 3. The number of halogens is 2. The van der Waals surface area contributed by atoms with Crippen molar-refractivity contribution >= 4 is 29.1 Å². The number of carbonyl (C=O) groups excluding carboxylic acids is 1. The van der Waals surface area contributed by atoms with Crippen molar-refractivity contribution in [1.29, 1.82) is 0 Å². The third-order valence-electron chi connectivity index (χ3n) is 6.95. The molecule has 0 radical (unpaired) electrons. The molecule has 4 nitrogen and oxygen atoms in total. The first-order valence-electron chi connectivity index (χ1n) is 10.6. The Morgan fingerprint density at radius 3 is 2.68 bits per heavy atom. The van der Waals surface area contributed by atoms with Gasteiger partial charge in [0.1, 0.15) is 0 Å². The molecule has 6 heteroatoms. The van der Waals surface area contributed by atoms with E-state index in [1.54, 1.807) is 12.1 Å². The van der Waals surface area contributed by atoms with Crippen LogP contribution in [-0.2, 0) is 16.0 Å². The Bertz CT molecular complexity index is 714. The number of likely N-dealkylation sites (N-methyl/N-ethyl adjacent to an activating group) is 1. The summed E-state index contributed by atoms with van der Waals surface area (Å²) in [5, 5.41) is 1.03. The molecule has 1 amide bonds. The smallest absolute Gasteiger partial charge is 0.227 e. The van der Waals surface area contributed by atoms with Gasteiger partial charge in [-0.15, -0.1) is 0 Å². The van der Waals surface area contributed by atoms with Gasteiger partial charge in [0.25, 0.3) is 0 Å². The Hall–Kier alpha value is -0.810. The van der Waals surface area contributed by atoms with Crippen LogP contribution >= 0.6 is 23.2 Å². The minimum Gasteiger partial charge on any atom is -0.375 e. The highest BCUT2D eigenvalue weighted by Crippen LogP contribution is 2.43. The third-order valence-corrected chi connectivity index (χ3v) is 7.68. The van der Waals surface area contributed by atoms with E-state index in [4.69, 9.17) is 27.9 Å². The van der Waals surface area contributed by atoms with Crippen molar-refractivity contribution in [2.45, 2.75) is 69.1 Å². The number of benzene rings is 1. The summed E-state index contributed by atoms with van der Waals surface area (Å²) in [6, 6.07) is 6.11. The lowest BCUT2D eigenvalue weighted by atomic mass is 9.76. The summed E-state index contributed by atoms with van der Waals surface area (Å²) < 4.78 is 6.22. The van der Waals surface area contributed by atoms with Crippen molar-refractivity contribution in [3.8, 4) is 0 Å². The van der Waals surface area contributed by atoms with Crippen LogP contribution in [0.4, 0.5) is 0 Å². The molecular formula is C22H30Cl2N2O2. The molecule has 4 rings (SSSR count). The van der Waals surface area contributed by atoms with Crippen molar-refractivity contribution < 1.29 is 9.53 Å². The van der Waals surface area contributed by atoms with Crippen molar-refractivity contribution in [3.05, 3.63) is 33.8 Å². The van der Waals surface area contributed by atoms with Crippen molar-refractivity contribution in [3.63, 3.8) is 0 Å². The normalized spacial score (nSPS) is 30.8. The van der Waals surface area contributed by atoms with E-state index in [9.17, 15) is 4.79 Å². The van der Waals surface area contributed by atoms with Gasteiger partial charge in [0.15, 0.2) is 0 Å². The lowest BCUT2D eigenvalue weighted by molar-refractivity contribution is -0.136. The molecule has 3 aliphatic rings. The molecule has 154 valence electrons.